The van der Waals surface area contributed by atoms with Crippen molar-refractivity contribution in [3.05, 3.63) is 35.7 Å². The number of piperidine rings is 1. The Kier molecular flexibility index (Phi) is 5.11. The van der Waals surface area contributed by atoms with E-state index in [1.54, 1.807) is 36.9 Å². The molecule has 0 bridgehead atoms. The molecule has 1 aliphatic heterocycles. The third kappa shape index (κ3) is 3.87. The Labute approximate surface area is 146 Å². The van der Waals surface area contributed by atoms with E-state index >= 15 is 0 Å². The van der Waals surface area contributed by atoms with Crippen molar-refractivity contribution in [1.82, 2.24) is 15.0 Å². The number of hydrogen-bond acceptors (Lipinski definition) is 6. The van der Waals surface area contributed by atoms with Crippen LogP contribution in [0.4, 0.5) is 0 Å². The fraction of sp³-hybridized carbons (Fsp3) is 0.444. The number of aromatic nitrogens is 2. The van der Waals surface area contributed by atoms with Crippen molar-refractivity contribution in [2.24, 2.45) is 5.92 Å². The van der Waals surface area contributed by atoms with Crippen LogP contribution < -0.4 is 0 Å². The first-order chi connectivity index (χ1) is 12.1. The monoisotopic (exact) mass is 343 g/mol. The molecular weight excluding hydrogens is 322 g/mol. The van der Waals surface area contributed by atoms with Gasteiger partial charge in [-0.15, -0.1) is 0 Å². The van der Waals surface area contributed by atoms with Crippen molar-refractivity contribution in [3.63, 3.8) is 0 Å². The summed E-state index contributed by atoms with van der Waals surface area (Å²) in [5.41, 5.74) is 1.32. The van der Waals surface area contributed by atoms with Crippen molar-refractivity contribution in [3.8, 4) is 11.4 Å². The highest BCUT2D eigenvalue weighted by molar-refractivity contribution is 5.95. The first kappa shape index (κ1) is 17.1. The van der Waals surface area contributed by atoms with E-state index < -0.39 is 0 Å². The van der Waals surface area contributed by atoms with Gasteiger partial charge in [0.2, 0.25) is 11.7 Å². The maximum absolute atomic E-state index is 12.7. The molecule has 0 atom stereocenters. The maximum Gasteiger partial charge on any atom is 0.309 e. The van der Waals surface area contributed by atoms with Crippen molar-refractivity contribution in [2.45, 2.75) is 26.7 Å². The lowest BCUT2D eigenvalue weighted by atomic mass is 9.96. The van der Waals surface area contributed by atoms with Crippen LogP contribution in [0, 0.1) is 12.8 Å². The smallest absolute Gasteiger partial charge is 0.309 e. The number of nitrogens with zero attached hydrogens (tertiary/aromatic N) is 3. The molecule has 25 heavy (non-hydrogen) atoms. The molecule has 1 amide bonds. The van der Waals surface area contributed by atoms with E-state index in [4.69, 9.17) is 9.26 Å². The minimum Gasteiger partial charge on any atom is -0.466 e. The molecule has 1 aromatic heterocycles. The van der Waals surface area contributed by atoms with Gasteiger partial charge < -0.3 is 14.2 Å². The Morgan fingerprint density at radius 2 is 2.08 bits per heavy atom. The van der Waals surface area contributed by atoms with Crippen LogP contribution >= 0.6 is 0 Å². The van der Waals surface area contributed by atoms with Crippen molar-refractivity contribution in [2.75, 3.05) is 19.7 Å². The Morgan fingerprint density at radius 3 is 2.72 bits per heavy atom. The molecule has 0 N–H and O–H groups in total. The van der Waals surface area contributed by atoms with E-state index in [2.05, 4.69) is 10.1 Å². The molecule has 1 aromatic carbocycles. The molecule has 3 rings (SSSR count). The van der Waals surface area contributed by atoms with Crippen LogP contribution in [-0.4, -0.2) is 46.6 Å². The molecule has 0 spiro atoms. The van der Waals surface area contributed by atoms with Crippen molar-refractivity contribution < 1.29 is 18.8 Å². The second-order valence-corrected chi connectivity index (χ2v) is 6.04. The number of likely N-dealkylation sites (tertiary alicyclic amines) is 1. The molecule has 1 aliphatic rings. The van der Waals surface area contributed by atoms with Crippen LogP contribution in [-0.2, 0) is 9.53 Å². The molecule has 0 saturated carbocycles. The summed E-state index contributed by atoms with van der Waals surface area (Å²) in [5, 5.41) is 3.88. The van der Waals surface area contributed by atoms with Crippen LogP contribution in [0.1, 0.15) is 36.0 Å². The number of carbonyl (C=O) groups is 2. The van der Waals surface area contributed by atoms with Crippen LogP contribution in [0.25, 0.3) is 11.4 Å². The summed E-state index contributed by atoms with van der Waals surface area (Å²) >= 11 is 0. The van der Waals surface area contributed by atoms with Gasteiger partial charge in [-0.3, -0.25) is 9.59 Å². The van der Waals surface area contributed by atoms with Gasteiger partial charge in [0.15, 0.2) is 0 Å². The van der Waals surface area contributed by atoms with E-state index in [-0.39, 0.29) is 17.8 Å². The molecule has 0 unspecified atom stereocenters. The molecule has 132 valence electrons. The van der Waals surface area contributed by atoms with E-state index in [9.17, 15) is 9.59 Å². The van der Waals surface area contributed by atoms with Gasteiger partial charge in [-0.05, 0) is 31.9 Å². The Morgan fingerprint density at radius 1 is 1.32 bits per heavy atom. The Balaban J connectivity index is 1.67. The average molecular weight is 343 g/mol. The highest BCUT2D eigenvalue weighted by atomic mass is 16.5. The first-order valence-corrected chi connectivity index (χ1v) is 8.45. The third-order valence-corrected chi connectivity index (χ3v) is 4.30. The van der Waals surface area contributed by atoms with Gasteiger partial charge in [0.1, 0.15) is 0 Å². The van der Waals surface area contributed by atoms with Gasteiger partial charge in [0.25, 0.3) is 5.91 Å². The van der Waals surface area contributed by atoms with Gasteiger partial charge in [-0.25, -0.2) is 0 Å². The van der Waals surface area contributed by atoms with Gasteiger partial charge >= 0.3 is 5.97 Å². The number of carbonyl (C=O) groups excluding carboxylic acids is 2. The zero-order valence-corrected chi connectivity index (χ0v) is 14.4. The summed E-state index contributed by atoms with van der Waals surface area (Å²) in [6.07, 6.45) is 1.27. The van der Waals surface area contributed by atoms with Crippen molar-refractivity contribution in [1.29, 1.82) is 0 Å². The third-order valence-electron chi connectivity index (χ3n) is 4.30. The van der Waals surface area contributed by atoms with E-state index in [0.717, 1.165) is 5.56 Å². The highest BCUT2D eigenvalue weighted by Gasteiger charge is 2.28. The quantitative estimate of drug-likeness (QED) is 0.793. The lowest BCUT2D eigenvalue weighted by molar-refractivity contribution is -0.149. The molecule has 1 saturated heterocycles. The minimum atomic E-state index is -0.163. The number of amides is 1. The van der Waals surface area contributed by atoms with Crippen LogP contribution in [0.3, 0.4) is 0 Å². The fourth-order valence-electron chi connectivity index (χ4n) is 2.97. The average Bonchev–Trinajstić information content (AvgIpc) is 3.08. The molecule has 2 aromatic rings. The Hall–Kier alpha value is -2.70. The van der Waals surface area contributed by atoms with E-state index in [1.165, 1.54) is 0 Å². The Bertz CT molecular complexity index is 763. The highest BCUT2D eigenvalue weighted by Crippen LogP contribution is 2.22. The number of esters is 1. The summed E-state index contributed by atoms with van der Waals surface area (Å²) < 4.78 is 10.1. The molecular formula is C18H21N3O4. The summed E-state index contributed by atoms with van der Waals surface area (Å²) in [6, 6.07) is 7.19. The topological polar surface area (TPSA) is 85.5 Å². The SMILES string of the molecule is CCOC(=O)C1CCN(C(=O)c2cccc(-c3noc(C)n3)c2)CC1. The number of aryl methyl sites for hydroxylation is 1. The summed E-state index contributed by atoms with van der Waals surface area (Å²) in [5.74, 6) is 0.618. The molecule has 7 nitrogen and oxygen atoms in total. The molecule has 0 aliphatic carbocycles. The van der Waals surface area contributed by atoms with E-state index in [0.29, 0.717) is 49.8 Å². The lowest BCUT2D eigenvalue weighted by Crippen LogP contribution is -2.40. The minimum absolute atomic E-state index is 0.0515. The van der Waals surface area contributed by atoms with Crippen LogP contribution in [0.15, 0.2) is 28.8 Å². The van der Waals surface area contributed by atoms with Crippen LogP contribution in [0.2, 0.25) is 0 Å². The lowest BCUT2D eigenvalue weighted by Gasteiger charge is -2.31. The second-order valence-electron chi connectivity index (χ2n) is 6.04. The van der Waals surface area contributed by atoms with E-state index in [1.807, 2.05) is 6.07 Å². The zero-order valence-electron chi connectivity index (χ0n) is 14.4. The summed E-state index contributed by atoms with van der Waals surface area (Å²) in [6.45, 7) is 5.01. The first-order valence-electron chi connectivity index (χ1n) is 8.45. The van der Waals surface area contributed by atoms with Gasteiger partial charge in [0, 0.05) is 31.1 Å². The number of benzene rings is 1. The number of ether oxygens (including phenoxy) is 1. The van der Waals surface area contributed by atoms with Gasteiger partial charge in [-0.1, -0.05) is 17.3 Å². The maximum atomic E-state index is 12.7. The van der Waals surface area contributed by atoms with Crippen molar-refractivity contribution >= 4 is 11.9 Å². The molecule has 2 heterocycles. The van der Waals surface area contributed by atoms with Crippen LogP contribution in [0.5, 0.6) is 0 Å². The predicted octanol–water partition coefficient (Wildman–Crippen LogP) is 2.46. The second kappa shape index (κ2) is 7.46. The number of rotatable bonds is 4. The molecule has 0 radical (unpaired) electrons. The van der Waals surface area contributed by atoms with Gasteiger partial charge in [0.05, 0.1) is 12.5 Å². The standard InChI is InChI=1S/C18H21N3O4/c1-3-24-18(23)13-7-9-21(10-8-13)17(22)15-6-4-5-14(11-15)16-19-12(2)25-20-16/h4-6,11,13H,3,7-10H2,1-2H3. The summed E-state index contributed by atoms with van der Waals surface area (Å²) in [7, 11) is 0. The normalized spacial score (nSPS) is 15.2. The largest absolute Gasteiger partial charge is 0.466 e. The summed E-state index contributed by atoms with van der Waals surface area (Å²) in [4.78, 5) is 30.5. The molecule has 1 fully saturated rings. The fourth-order valence-corrected chi connectivity index (χ4v) is 2.97. The zero-order chi connectivity index (χ0) is 17.8. The molecule has 7 heteroatoms. The van der Waals surface area contributed by atoms with Gasteiger partial charge in [-0.2, -0.15) is 4.98 Å². The number of hydrogen-bond donors (Lipinski definition) is 0. The predicted molar refractivity (Wildman–Crippen MR) is 89.7 cm³/mol.